The molecule has 0 bridgehead atoms. The Hall–Kier alpha value is -3.40. The lowest BCUT2D eigenvalue weighted by atomic mass is 10.1. The number of likely N-dealkylation sites (N-methyl/N-ethyl adjacent to an activating group) is 1. The largest absolute Gasteiger partial charge is 0.445 e. The normalized spacial score (nSPS) is 12.6. The van der Waals surface area contributed by atoms with Crippen molar-refractivity contribution in [2.45, 2.75) is 52.2 Å². The summed E-state index contributed by atoms with van der Waals surface area (Å²) in [5.41, 5.74) is 1.61. The summed E-state index contributed by atoms with van der Waals surface area (Å²) in [6, 6.07) is 17.2. The number of carbonyl (C=O) groups is 3. The number of hydrogen-bond donors (Lipinski definition) is 2. The number of carbonyl (C=O) groups excluding carboxylic acids is 3. The third-order valence-electron chi connectivity index (χ3n) is 5.61. The molecule has 0 aromatic heterocycles. The Kier molecular flexibility index (Phi) is 13.5. The van der Waals surface area contributed by atoms with Gasteiger partial charge in [0, 0.05) is 13.6 Å². The molecule has 11 nitrogen and oxygen atoms in total. The lowest BCUT2D eigenvalue weighted by Gasteiger charge is -2.30. The molecule has 39 heavy (non-hydrogen) atoms. The highest BCUT2D eigenvalue weighted by molar-refractivity contribution is 7.54. The molecule has 0 aliphatic heterocycles. The van der Waals surface area contributed by atoms with Crippen molar-refractivity contribution in [2.75, 3.05) is 26.8 Å². The van der Waals surface area contributed by atoms with Crippen LogP contribution in [0, 0.1) is 0 Å². The monoisotopic (exact) mass is 563 g/mol. The van der Waals surface area contributed by atoms with Crippen molar-refractivity contribution >= 4 is 25.7 Å². The minimum Gasteiger partial charge on any atom is -0.445 e. The van der Waals surface area contributed by atoms with Crippen molar-refractivity contribution in [1.29, 1.82) is 0 Å². The Labute approximate surface area is 229 Å². The summed E-state index contributed by atoms with van der Waals surface area (Å²) in [7, 11) is -2.23. The number of alkyl carbamates (subject to hydrolysis) is 1. The van der Waals surface area contributed by atoms with Crippen LogP contribution in [-0.2, 0) is 41.1 Å². The fourth-order valence-electron chi connectivity index (χ4n) is 3.54. The summed E-state index contributed by atoms with van der Waals surface area (Å²) in [5, 5.41) is 5.23. The fraction of sp³-hybridized carbons (Fsp3) is 0.444. The predicted octanol–water partition coefficient (Wildman–Crippen LogP) is 4.67. The van der Waals surface area contributed by atoms with Crippen LogP contribution < -0.4 is 10.6 Å². The topological polar surface area (TPSA) is 132 Å². The van der Waals surface area contributed by atoms with E-state index in [4.69, 9.17) is 18.5 Å². The molecule has 0 heterocycles. The zero-order chi connectivity index (χ0) is 28.7. The molecule has 2 rings (SSSR count). The van der Waals surface area contributed by atoms with E-state index in [1.807, 2.05) is 60.7 Å². The molecule has 0 saturated carbocycles. The summed E-state index contributed by atoms with van der Waals surface area (Å²) >= 11 is 0. The predicted molar refractivity (Wildman–Crippen MR) is 146 cm³/mol. The van der Waals surface area contributed by atoms with Crippen LogP contribution in [0.5, 0.6) is 0 Å². The molecule has 0 aliphatic carbocycles. The van der Waals surface area contributed by atoms with E-state index in [1.54, 1.807) is 13.8 Å². The third kappa shape index (κ3) is 10.7. The van der Waals surface area contributed by atoms with Crippen molar-refractivity contribution in [3.05, 3.63) is 71.8 Å². The van der Waals surface area contributed by atoms with Gasteiger partial charge in [0.2, 0.25) is 5.91 Å². The first kappa shape index (κ1) is 31.8. The van der Waals surface area contributed by atoms with E-state index in [0.29, 0.717) is 0 Å². The SMILES string of the molecule is CCOP(=O)(OCC)C(C)NC(=O)C(CCNC(=O)OCc1ccccc1)N(C)C(=O)OCc1ccccc1. The van der Waals surface area contributed by atoms with Gasteiger partial charge in [-0.05, 0) is 38.3 Å². The Balaban J connectivity index is 2.04. The average molecular weight is 564 g/mol. The highest BCUT2D eigenvalue weighted by Crippen LogP contribution is 2.51. The Morgan fingerprint density at radius 1 is 0.872 bits per heavy atom. The zero-order valence-electron chi connectivity index (χ0n) is 22.8. The maximum atomic E-state index is 13.3. The average Bonchev–Trinajstić information content (AvgIpc) is 2.93. The summed E-state index contributed by atoms with van der Waals surface area (Å²) in [6.07, 6.45) is -1.38. The molecule has 2 aromatic rings. The van der Waals surface area contributed by atoms with Crippen molar-refractivity contribution in [2.24, 2.45) is 0 Å². The molecule has 3 amide bonds. The van der Waals surface area contributed by atoms with Gasteiger partial charge in [-0.3, -0.25) is 14.3 Å². The first-order valence-electron chi connectivity index (χ1n) is 12.8. The molecule has 12 heteroatoms. The molecular weight excluding hydrogens is 525 g/mol. The first-order valence-corrected chi connectivity index (χ1v) is 14.4. The fourth-order valence-corrected chi connectivity index (χ4v) is 5.06. The van der Waals surface area contributed by atoms with Crippen LogP contribution in [0.4, 0.5) is 9.59 Å². The Morgan fingerprint density at radius 2 is 1.38 bits per heavy atom. The van der Waals surface area contributed by atoms with Gasteiger partial charge < -0.3 is 29.2 Å². The molecule has 0 radical (unpaired) electrons. The van der Waals surface area contributed by atoms with Gasteiger partial charge in [-0.15, -0.1) is 0 Å². The molecule has 0 aliphatic rings. The Morgan fingerprint density at radius 3 is 1.90 bits per heavy atom. The van der Waals surface area contributed by atoms with Gasteiger partial charge in [0.25, 0.3) is 0 Å². The standard InChI is InChI=1S/C27H38N3O8P/c1-5-37-39(34,38-6-2)21(3)29-25(31)24(30(4)27(33)36-20-23-15-11-8-12-16-23)17-18-28-26(32)35-19-22-13-9-7-10-14-22/h7-16,21,24H,5-6,17-20H2,1-4H3,(H,28,32)(H,29,31). The number of benzene rings is 2. The summed E-state index contributed by atoms with van der Waals surface area (Å²) in [5.74, 6) is -1.59. The highest BCUT2D eigenvalue weighted by atomic mass is 31.2. The zero-order valence-corrected chi connectivity index (χ0v) is 23.7. The van der Waals surface area contributed by atoms with Crippen LogP contribution in [0.15, 0.2) is 60.7 Å². The summed E-state index contributed by atoms with van der Waals surface area (Å²) in [4.78, 5) is 39.4. The van der Waals surface area contributed by atoms with Gasteiger partial charge in [-0.2, -0.15) is 0 Å². The third-order valence-corrected chi connectivity index (χ3v) is 7.92. The molecule has 0 saturated heterocycles. The molecule has 2 aromatic carbocycles. The van der Waals surface area contributed by atoms with Crippen LogP contribution in [-0.4, -0.2) is 61.6 Å². The summed E-state index contributed by atoms with van der Waals surface area (Å²) in [6.45, 7) is 5.22. The van der Waals surface area contributed by atoms with Gasteiger partial charge >= 0.3 is 19.8 Å². The number of ether oxygens (including phenoxy) is 2. The van der Waals surface area contributed by atoms with Crippen molar-refractivity contribution in [3.8, 4) is 0 Å². The van der Waals surface area contributed by atoms with E-state index in [9.17, 15) is 18.9 Å². The van der Waals surface area contributed by atoms with Gasteiger partial charge in [0.1, 0.15) is 25.0 Å². The second kappa shape index (κ2) is 16.5. The van der Waals surface area contributed by atoms with E-state index in [0.717, 1.165) is 16.0 Å². The quantitative estimate of drug-likeness (QED) is 0.299. The number of rotatable bonds is 15. The molecule has 0 spiro atoms. The van der Waals surface area contributed by atoms with Crippen molar-refractivity contribution in [3.63, 3.8) is 0 Å². The lowest BCUT2D eigenvalue weighted by molar-refractivity contribution is -0.126. The Bertz CT molecular complexity index is 1080. The maximum absolute atomic E-state index is 13.3. The van der Waals surface area contributed by atoms with E-state index in [1.165, 1.54) is 14.0 Å². The molecular formula is C27H38N3O8P. The molecule has 2 unspecified atom stereocenters. The highest BCUT2D eigenvalue weighted by Gasteiger charge is 2.36. The van der Waals surface area contributed by atoms with E-state index in [-0.39, 0.29) is 39.4 Å². The second-order valence-corrected chi connectivity index (χ2v) is 10.9. The number of nitrogens with zero attached hydrogens (tertiary/aromatic N) is 1. The molecule has 2 N–H and O–H groups in total. The number of nitrogens with one attached hydrogen (secondary N) is 2. The second-order valence-electron chi connectivity index (χ2n) is 8.50. The van der Waals surface area contributed by atoms with E-state index < -0.39 is 37.5 Å². The van der Waals surface area contributed by atoms with Crippen molar-refractivity contribution < 1.29 is 37.5 Å². The van der Waals surface area contributed by atoms with Gasteiger partial charge in [-0.1, -0.05) is 60.7 Å². The van der Waals surface area contributed by atoms with Crippen LogP contribution in [0.3, 0.4) is 0 Å². The van der Waals surface area contributed by atoms with Crippen LogP contribution in [0.25, 0.3) is 0 Å². The minimum atomic E-state index is -3.65. The van der Waals surface area contributed by atoms with Crippen LogP contribution in [0.2, 0.25) is 0 Å². The van der Waals surface area contributed by atoms with Gasteiger partial charge in [0.05, 0.1) is 13.2 Å². The van der Waals surface area contributed by atoms with Gasteiger partial charge in [-0.25, -0.2) is 9.59 Å². The maximum Gasteiger partial charge on any atom is 0.410 e. The van der Waals surface area contributed by atoms with Gasteiger partial charge in [0.15, 0.2) is 0 Å². The van der Waals surface area contributed by atoms with E-state index >= 15 is 0 Å². The van der Waals surface area contributed by atoms with Crippen molar-refractivity contribution in [1.82, 2.24) is 15.5 Å². The van der Waals surface area contributed by atoms with E-state index in [2.05, 4.69) is 10.6 Å². The molecule has 214 valence electrons. The minimum absolute atomic E-state index is 0.0166. The number of hydrogen-bond acceptors (Lipinski definition) is 8. The molecule has 2 atom stereocenters. The summed E-state index contributed by atoms with van der Waals surface area (Å²) < 4.78 is 34.3. The first-order chi connectivity index (χ1) is 18.7. The van der Waals surface area contributed by atoms with Crippen LogP contribution >= 0.6 is 7.60 Å². The smallest absolute Gasteiger partial charge is 0.410 e. The lowest BCUT2D eigenvalue weighted by Crippen LogP contribution is -2.51. The number of amides is 3. The van der Waals surface area contributed by atoms with Crippen LogP contribution in [0.1, 0.15) is 38.3 Å². The molecule has 0 fully saturated rings.